The van der Waals surface area contributed by atoms with Gasteiger partial charge in [0.25, 0.3) is 0 Å². The molecule has 0 aliphatic carbocycles. The molecule has 166 valence electrons. The van der Waals surface area contributed by atoms with Gasteiger partial charge in [-0.15, -0.1) is 11.8 Å². The highest BCUT2D eigenvalue weighted by Crippen LogP contribution is 2.35. The van der Waals surface area contributed by atoms with Gasteiger partial charge in [0.05, 0.1) is 0 Å². The molecule has 0 amide bonds. The van der Waals surface area contributed by atoms with Crippen molar-refractivity contribution in [1.82, 2.24) is 0 Å². The molecule has 0 saturated heterocycles. The van der Waals surface area contributed by atoms with Crippen molar-refractivity contribution in [3.63, 3.8) is 0 Å². The maximum Gasteiger partial charge on any atom is 0.185 e. The Bertz CT molecular complexity index is 1020. The van der Waals surface area contributed by atoms with E-state index in [0.29, 0.717) is 0 Å². The van der Waals surface area contributed by atoms with E-state index in [4.69, 9.17) is 33.2 Å². The SMILES string of the molecule is CN(C)c1cc(Cl)ccc1CSC1=NC(C)(C)C(SCc2ccc(Cl)cc2N(C)C)=N1. The number of nitrogens with zero attached hydrogens (tertiary/aromatic N) is 4. The van der Waals surface area contributed by atoms with Gasteiger partial charge in [0.15, 0.2) is 5.17 Å². The zero-order valence-corrected chi connectivity index (χ0v) is 21.9. The highest BCUT2D eigenvalue weighted by Gasteiger charge is 2.31. The van der Waals surface area contributed by atoms with Crippen molar-refractivity contribution >= 4 is 68.3 Å². The first kappa shape index (κ1) is 24.3. The normalized spacial score (nSPS) is 15.0. The van der Waals surface area contributed by atoms with Crippen LogP contribution in [0.3, 0.4) is 0 Å². The van der Waals surface area contributed by atoms with E-state index < -0.39 is 0 Å². The zero-order chi connectivity index (χ0) is 22.8. The number of hydrogen-bond donors (Lipinski definition) is 0. The van der Waals surface area contributed by atoms with E-state index in [9.17, 15) is 0 Å². The Hall–Kier alpha value is -1.34. The topological polar surface area (TPSA) is 31.2 Å². The van der Waals surface area contributed by atoms with Crippen LogP contribution in [0.1, 0.15) is 25.0 Å². The van der Waals surface area contributed by atoms with Crippen molar-refractivity contribution in [3.8, 4) is 0 Å². The number of aliphatic imine (C=N–C) groups is 2. The van der Waals surface area contributed by atoms with Crippen LogP contribution in [0, 0.1) is 0 Å². The molecule has 1 aliphatic rings. The molecule has 2 aromatic rings. The first-order valence-corrected chi connectivity index (χ1v) is 12.7. The van der Waals surface area contributed by atoms with Crippen LogP contribution in [0.15, 0.2) is 46.4 Å². The van der Waals surface area contributed by atoms with Crippen LogP contribution < -0.4 is 9.80 Å². The van der Waals surface area contributed by atoms with E-state index in [1.54, 1.807) is 23.5 Å². The van der Waals surface area contributed by atoms with Crippen molar-refractivity contribution in [3.05, 3.63) is 57.6 Å². The lowest BCUT2D eigenvalue weighted by Gasteiger charge is -2.20. The quantitative estimate of drug-likeness (QED) is 0.439. The molecular formula is C23H28Cl2N4S2. The third-order valence-electron chi connectivity index (χ3n) is 4.88. The van der Waals surface area contributed by atoms with Gasteiger partial charge in [0.1, 0.15) is 10.6 Å². The molecule has 0 N–H and O–H groups in total. The maximum absolute atomic E-state index is 6.19. The molecule has 0 spiro atoms. The van der Waals surface area contributed by atoms with Crippen molar-refractivity contribution in [2.24, 2.45) is 9.98 Å². The van der Waals surface area contributed by atoms with Gasteiger partial charge in [0, 0.05) is 61.1 Å². The van der Waals surface area contributed by atoms with E-state index in [1.165, 1.54) is 11.1 Å². The summed E-state index contributed by atoms with van der Waals surface area (Å²) in [5, 5.41) is 3.36. The highest BCUT2D eigenvalue weighted by molar-refractivity contribution is 8.15. The molecule has 2 aromatic carbocycles. The Balaban J connectivity index is 1.70. The Morgan fingerprint density at radius 1 is 0.806 bits per heavy atom. The first-order chi connectivity index (χ1) is 14.6. The first-order valence-electron chi connectivity index (χ1n) is 9.93. The van der Waals surface area contributed by atoms with Crippen LogP contribution in [0.25, 0.3) is 0 Å². The van der Waals surface area contributed by atoms with Gasteiger partial charge < -0.3 is 9.80 Å². The number of hydrogen-bond acceptors (Lipinski definition) is 6. The lowest BCUT2D eigenvalue weighted by atomic mass is 10.1. The van der Waals surface area contributed by atoms with Crippen LogP contribution in [0.4, 0.5) is 11.4 Å². The average molecular weight is 496 g/mol. The summed E-state index contributed by atoms with van der Waals surface area (Å²) in [5.41, 5.74) is 4.38. The number of amidine groups is 1. The van der Waals surface area contributed by atoms with Gasteiger partial charge in [-0.2, -0.15) is 0 Å². The molecule has 0 bridgehead atoms. The number of rotatable bonds is 6. The molecule has 31 heavy (non-hydrogen) atoms. The summed E-state index contributed by atoms with van der Waals surface area (Å²) in [6.45, 7) is 4.24. The van der Waals surface area contributed by atoms with Crippen LogP contribution in [-0.2, 0) is 11.5 Å². The van der Waals surface area contributed by atoms with E-state index in [2.05, 4.69) is 35.8 Å². The Labute approximate surface area is 204 Å². The smallest absolute Gasteiger partial charge is 0.185 e. The second kappa shape index (κ2) is 10.1. The molecule has 1 aliphatic heterocycles. The molecule has 4 nitrogen and oxygen atoms in total. The Morgan fingerprint density at radius 2 is 1.29 bits per heavy atom. The summed E-state index contributed by atoms with van der Waals surface area (Å²) in [6.07, 6.45) is 0. The number of benzene rings is 2. The number of halogens is 2. The average Bonchev–Trinajstić information content (AvgIpc) is 2.99. The van der Waals surface area contributed by atoms with Gasteiger partial charge in [-0.3, -0.25) is 0 Å². The second-order valence-electron chi connectivity index (χ2n) is 8.28. The van der Waals surface area contributed by atoms with Crippen molar-refractivity contribution in [2.75, 3.05) is 38.0 Å². The zero-order valence-electron chi connectivity index (χ0n) is 18.7. The summed E-state index contributed by atoms with van der Waals surface area (Å²) >= 11 is 15.8. The lowest BCUT2D eigenvalue weighted by molar-refractivity contribution is 0.728. The van der Waals surface area contributed by atoms with Crippen molar-refractivity contribution in [1.29, 1.82) is 0 Å². The number of anilines is 2. The van der Waals surface area contributed by atoms with Gasteiger partial charge >= 0.3 is 0 Å². The summed E-state index contributed by atoms with van der Waals surface area (Å²) < 4.78 is 0. The third kappa shape index (κ3) is 6.13. The van der Waals surface area contributed by atoms with Crippen LogP contribution in [0.2, 0.25) is 10.0 Å². The third-order valence-corrected chi connectivity index (χ3v) is 7.56. The molecule has 8 heteroatoms. The molecule has 0 fully saturated rings. The van der Waals surface area contributed by atoms with Crippen LogP contribution in [0.5, 0.6) is 0 Å². The van der Waals surface area contributed by atoms with Gasteiger partial charge in [0.2, 0.25) is 0 Å². The molecule has 0 aromatic heterocycles. The maximum atomic E-state index is 6.19. The lowest BCUT2D eigenvalue weighted by Crippen LogP contribution is -2.23. The molecular weight excluding hydrogens is 467 g/mol. The molecule has 0 atom stereocenters. The highest BCUT2D eigenvalue weighted by atomic mass is 35.5. The molecule has 1 heterocycles. The van der Waals surface area contributed by atoms with Crippen molar-refractivity contribution < 1.29 is 0 Å². The number of thioether (sulfide) groups is 2. The molecule has 0 unspecified atom stereocenters. The van der Waals surface area contributed by atoms with Gasteiger partial charge in [-0.05, 0) is 49.2 Å². The van der Waals surface area contributed by atoms with E-state index in [1.807, 2.05) is 52.5 Å². The Morgan fingerprint density at radius 3 is 1.77 bits per heavy atom. The van der Waals surface area contributed by atoms with Crippen LogP contribution in [-0.4, -0.2) is 43.9 Å². The fourth-order valence-electron chi connectivity index (χ4n) is 3.25. The molecule has 3 rings (SSSR count). The predicted molar refractivity (Wildman–Crippen MR) is 143 cm³/mol. The second-order valence-corrected chi connectivity index (χ2v) is 11.1. The minimum absolute atomic E-state index is 0.317. The largest absolute Gasteiger partial charge is 0.377 e. The standard InChI is InChI=1S/C23H28Cl2N4S2/c1-23(2)21(30-13-15-7-9-17(24)11-19(15)28(3)4)26-22(27-23)31-14-16-8-10-18(25)12-20(16)29(5)6/h7-12H,13-14H2,1-6H3. The molecule has 0 saturated carbocycles. The minimum Gasteiger partial charge on any atom is -0.377 e. The van der Waals surface area contributed by atoms with Crippen LogP contribution >= 0.6 is 46.7 Å². The van der Waals surface area contributed by atoms with E-state index in [-0.39, 0.29) is 5.54 Å². The summed E-state index contributed by atoms with van der Waals surface area (Å²) in [4.78, 5) is 13.9. The summed E-state index contributed by atoms with van der Waals surface area (Å²) in [6, 6.07) is 12.0. The van der Waals surface area contributed by atoms with E-state index in [0.717, 1.165) is 43.1 Å². The summed E-state index contributed by atoms with van der Waals surface area (Å²) in [5.74, 6) is 1.62. The minimum atomic E-state index is -0.317. The fraction of sp³-hybridized carbons (Fsp3) is 0.391. The van der Waals surface area contributed by atoms with Gasteiger partial charge in [-0.1, -0.05) is 47.1 Å². The monoisotopic (exact) mass is 494 g/mol. The van der Waals surface area contributed by atoms with Gasteiger partial charge in [-0.25, -0.2) is 9.98 Å². The predicted octanol–water partition coefficient (Wildman–Crippen LogP) is 6.84. The fourth-order valence-corrected chi connectivity index (χ4v) is 5.70. The summed E-state index contributed by atoms with van der Waals surface area (Å²) in [7, 11) is 8.13. The van der Waals surface area contributed by atoms with E-state index >= 15 is 0 Å². The van der Waals surface area contributed by atoms with Crippen molar-refractivity contribution in [2.45, 2.75) is 30.9 Å². The Kier molecular flexibility index (Phi) is 7.90. The molecule has 0 radical (unpaired) electrons.